The number of fused-ring (bicyclic) bond motifs is 1. The molecule has 0 aliphatic heterocycles. The summed E-state index contributed by atoms with van der Waals surface area (Å²) in [4.78, 5) is 13.8. The summed E-state index contributed by atoms with van der Waals surface area (Å²) in [6.07, 6.45) is -3.69. The van der Waals surface area contributed by atoms with Crippen molar-refractivity contribution in [1.29, 1.82) is 0 Å². The normalized spacial score (nSPS) is 13.6. The number of anilines is 1. The Morgan fingerprint density at radius 1 is 1.23 bits per heavy atom. The molecule has 1 unspecified atom stereocenters. The van der Waals surface area contributed by atoms with E-state index in [2.05, 4.69) is 24.1 Å². The standard InChI is InChI=1S/C16H19F3N2O/c1-4-13(9(2)3)20-10-5-6-14-11(7-10)12(16(17,18)19)8-15(22)21-14/h5-9,13,20H,4H2,1-3H3,(H,21,22). The van der Waals surface area contributed by atoms with Crippen molar-refractivity contribution >= 4 is 16.6 Å². The minimum atomic E-state index is -4.56. The number of aromatic nitrogens is 1. The molecule has 1 heterocycles. The molecule has 2 aromatic rings. The molecule has 6 heteroatoms. The molecule has 2 N–H and O–H groups in total. The predicted octanol–water partition coefficient (Wildman–Crippen LogP) is 4.39. The Hall–Kier alpha value is -1.98. The summed E-state index contributed by atoms with van der Waals surface area (Å²) in [5.74, 6) is 0.360. The van der Waals surface area contributed by atoms with Crippen LogP contribution in [0, 0.1) is 5.92 Å². The molecule has 1 aromatic carbocycles. The van der Waals surface area contributed by atoms with Crippen LogP contribution in [0.2, 0.25) is 0 Å². The van der Waals surface area contributed by atoms with Gasteiger partial charge in [0.1, 0.15) is 0 Å². The molecule has 22 heavy (non-hydrogen) atoms. The second-order valence-electron chi connectivity index (χ2n) is 5.71. The second kappa shape index (κ2) is 6.02. The number of hydrogen-bond acceptors (Lipinski definition) is 2. The van der Waals surface area contributed by atoms with Gasteiger partial charge in [-0.2, -0.15) is 13.2 Å². The minimum absolute atomic E-state index is 0.00397. The van der Waals surface area contributed by atoms with Gasteiger partial charge < -0.3 is 10.3 Å². The van der Waals surface area contributed by atoms with E-state index in [1.54, 1.807) is 6.07 Å². The van der Waals surface area contributed by atoms with Crippen LogP contribution < -0.4 is 10.9 Å². The Balaban J connectivity index is 2.53. The minimum Gasteiger partial charge on any atom is -0.382 e. The molecule has 120 valence electrons. The highest BCUT2D eigenvalue weighted by molar-refractivity contribution is 5.85. The molecule has 0 aliphatic carbocycles. The number of alkyl halides is 3. The Labute approximate surface area is 126 Å². The number of aromatic amines is 1. The SMILES string of the molecule is CCC(Nc1ccc2[nH]c(=O)cc(C(F)(F)F)c2c1)C(C)C. The lowest BCUT2D eigenvalue weighted by atomic mass is 10.0. The molecular formula is C16H19F3N2O. The van der Waals surface area contributed by atoms with Gasteiger partial charge in [0.05, 0.1) is 5.56 Å². The fraction of sp³-hybridized carbons (Fsp3) is 0.438. The zero-order valence-electron chi connectivity index (χ0n) is 12.7. The van der Waals surface area contributed by atoms with Crippen molar-refractivity contribution in [1.82, 2.24) is 4.98 Å². The molecule has 2 rings (SSSR count). The summed E-state index contributed by atoms with van der Waals surface area (Å²) in [6.45, 7) is 6.14. The maximum Gasteiger partial charge on any atom is 0.417 e. The Bertz CT molecular complexity index is 719. The monoisotopic (exact) mass is 312 g/mol. The molecule has 0 radical (unpaired) electrons. The lowest BCUT2D eigenvalue weighted by Crippen LogP contribution is -2.24. The maximum atomic E-state index is 13.1. The number of halogens is 3. The largest absolute Gasteiger partial charge is 0.417 e. The summed E-state index contributed by atoms with van der Waals surface area (Å²) >= 11 is 0. The first kappa shape index (κ1) is 16.4. The predicted molar refractivity (Wildman–Crippen MR) is 82.1 cm³/mol. The summed E-state index contributed by atoms with van der Waals surface area (Å²) in [5.41, 5.74) is -0.866. The molecule has 0 spiro atoms. The summed E-state index contributed by atoms with van der Waals surface area (Å²) < 4.78 is 39.3. The van der Waals surface area contributed by atoms with Gasteiger partial charge >= 0.3 is 6.18 Å². The molecule has 3 nitrogen and oxygen atoms in total. The molecule has 0 saturated carbocycles. The van der Waals surface area contributed by atoms with Crippen LogP contribution in [0.25, 0.3) is 10.9 Å². The molecular weight excluding hydrogens is 293 g/mol. The highest BCUT2D eigenvalue weighted by Crippen LogP contribution is 2.34. The first-order valence-corrected chi connectivity index (χ1v) is 7.23. The number of nitrogens with one attached hydrogen (secondary N) is 2. The zero-order valence-corrected chi connectivity index (χ0v) is 12.7. The van der Waals surface area contributed by atoms with Crippen molar-refractivity contribution in [3.63, 3.8) is 0 Å². The number of hydrogen-bond donors (Lipinski definition) is 2. The molecule has 0 aliphatic rings. The first-order chi connectivity index (χ1) is 10.2. The van der Waals surface area contributed by atoms with Gasteiger partial charge in [0.15, 0.2) is 0 Å². The van der Waals surface area contributed by atoms with Gasteiger partial charge in [-0.05, 0) is 30.5 Å². The highest BCUT2D eigenvalue weighted by atomic mass is 19.4. The second-order valence-corrected chi connectivity index (χ2v) is 5.71. The van der Waals surface area contributed by atoms with Crippen LogP contribution in [-0.4, -0.2) is 11.0 Å². The van der Waals surface area contributed by atoms with Crippen LogP contribution in [0.15, 0.2) is 29.1 Å². The third-order valence-corrected chi connectivity index (χ3v) is 3.75. The molecule has 0 fully saturated rings. The van der Waals surface area contributed by atoms with E-state index in [0.29, 0.717) is 17.7 Å². The van der Waals surface area contributed by atoms with E-state index < -0.39 is 17.3 Å². The summed E-state index contributed by atoms with van der Waals surface area (Å²) in [5, 5.41) is 3.25. The Morgan fingerprint density at radius 2 is 1.91 bits per heavy atom. The van der Waals surface area contributed by atoms with Gasteiger partial charge in [0, 0.05) is 28.7 Å². The van der Waals surface area contributed by atoms with Crippen molar-refractivity contribution in [2.24, 2.45) is 5.92 Å². The smallest absolute Gasteiger partial charge is 0.382 e. The summed E-state index contributed by atoms with van der Waals surface area (Å²) in [7, 11) is 0. The quantitative estimate of drug-likeness (QED) is 0.879. The average Bonchev–Trinajstić information content (AvgIpc) is 2.42. The molecule has 0 bridgehead atoms. The topological polar surface area (TPSA) is 44.9 Å². The molecule has 0 amide bonds. The van der Waals surface area contributed by atoms with Crippen LogP contribution in [0.4, 0.5) is 18.9 Å². The van der Waals surface area contributed by atoms with E-state index in [4.69, 9.17) is 0 Å². The van der Waals surface area contributed by atoms with Gasteiger partial charge in [0.25, 0.3) is 0 Å². The Morgan fingerprint density at radius 3 is 2.45 bits per heavy atom. The van der Waals surface area contributed by atoms with E-state index in [-0.39, 0.29) is 16.9 Å². The van der Waals surface area contributed by atoms with Crippen LogP contribution in [0.5, 0.6) is 0 Å². The lowest BCUT2D eigenvalue weighted by Gasteiger charge is -2.22. The number of H-pyrrole nitrogens is 1. The van der Waals surface area contributed by atoms with Gasteiger partial charge in [-0.1, -0.05) is 20.8 Å². The van der Waals surface area contributed by atoms with Gasteiger partial charge in [-0.25, -0.2) is 0 Å². The van der Waals surface area contributed by atoms with Gasteiger partial charge in [0.2, 0.25) is 5.56 Å². The van der Waals surface area contributed by atoms with Gasteiger partial charge in [-0.15, -0.1) is 0 Å². The van der Waals surface area contributed by atoms with Gasteiger partial charge in [-0.3, -0.25) is 4.79 Å². The van der Waals surface area contributed by atoms with E-state index in [0.717, 1.165) is 6.42 Å². The van der Waals surface area contributed by atoms with Crippen molar-refractivity contribution in [2.45, 2.75) is 39.4 Å². The van der Waals surface area contributed by atoms with E-state index >= 15 is 0 Å². The third kappa shape index (κ3) is 3.43. The van der Waals surface area contributed by atoms with Crippen molar-refractivity contribution in [2.75, 3.05) is 5.32 Å². The van der Waals surface area contributed by atoms with Crippen LogP contribution in [0.3, 0.4) is 0 Å². The number of benzene rings is 1. The lowest BCUT2D eigenvalue weighted by molar-refractivity contribution is -0.136. The van der Waals surface area contributed by atoms with Crippen LogP contribution in [-0.2, 0) is 6.18 Å². The third-order valence-electron chi connectivity index (χ3n) is 3.75. The maximum absolute atomic E-state index is 13.1. The fourth-order valence-corrected chi connectivity index (χ4v) is 2.53. The first-order valence-electron chi connectivity index (χ1n) is 7.23. The zero-order chi connectivity index (χ0) is 16.5. The van der Waals surface area contributed by atoms with E-state index in [1.807, 2.05) is 6.92 Å². The Kier molecular flexibility index (Phi) is 4.49. The highest BCUT2D eigenvalue weighted by Gasteiger charge is 2.33. The molecule has 1 aromatic heterocycles. The van der Waals surface area contributed by atoms with E-state index in [1.165, 1.54) is 12.1 Å². The average molecular weight is 312 g/mol. The van der Waals surface area contributed by atoms with E-state index in [9.17, 15) is 18.0 Å². The van der Waals surface area contributed by atoms with Crippen molar-refractivity contribution in [3.05, 3.63) is 40.2 Å². The fourth-order valence-electron chi connectivity index (χ4n) is 2.53. The summed E-state index contributed by atoms with van der Waals surface area (Å²) in [6, 6.07) is 5.41. The van der Waals surface area contributed by atoms with Crippen molar-refractivity contribution < 1.29 is 13.2 Å². The number of rotatable bonds is 4. The number of pyridine rings is 1. The molecule has 1 atom stereocenters. The molecule has 0 saturated heterocycles. The van der Waals surface area contributed by atoms with Crippen LogP contribution in [0.1, 0.15) is 32.8 Å². The van der Waals surface area contributed by atoms with Crippen molar-refractivity contribution in [3.8, 4) is 0 Å². The van der Waals surface area contributed by atoms with Crippen LogP contribution >= 0.6 is 0 Å².